The molecule has 2 aromatic heterocycles. The average molecular weight is 373 g/mol. The van der Waals surface area contributed by atoms with Crippen LogP contribution in [0.1, 0.15) is 25.9 Å². The van der Waals surface area contributed by atoms with Gasteiger partial charge < -0.3 is 10.1 Å². The number of hydrogen-bond acceptors (Lipinski definition) is 7. The molecule has 1 aromatic carbocycles. The Labute approximate surface area is 152 Å². The SMILES string of the molecule is COC(=O)c1csc(-c2csc(CCNC(=O)c3ccccc3)n2)n1. The number of carbonyl (C=O) groups excluding carboxylic acids is 2. The lowest BCUT2D eigenvalue weighted by Crippen LogP contribution is -2.25. The lowest BCUT2D eigenvalue weighted by Gasteiger charge is -2.03. The molecule has 6 nitrogen and oxygen atoms in total. The Morgan fingerprint density at radius 3 is 2.68 bits per heavy atom. The molecule has 0 saturated heterocycles. The molecule has 3 rings (SSSR count). The summed E-state index contributed by atoms with van der Waals surface area (Å²) >= 11 is 2.85. The van der Waals surface area contributed by atoms with E-state index in [4.69, 9.17) is 0 Å². The molecule has 0 fully saturated rings. The van der Waals surface area contributed by atoms with E-state index in [1.165, 1.54) is 29.8 Å². The molecule has 0 aliphatic carbocycles. The predicted octanol–water partition coefficient (Wildman–Crippen LogP) is 3.03. The highest BCUT2D eigenvalue weighted by molar-refractivity contribution is 7.14. The summed E-state index contributed by atoms with van der Waals surface area (Å²) in [7, 11) is 1.33. The van der Waals surface area contributed by atoms with Gasteiger partial charge in [-0.2, -0.15) is 0 Å². The first-order valence-corrected chi connectivity index (χ1v) is 9.25. The molecule has 0 spiro atoms. The molecule has 0 atom stereocenters. The Morgan fingerprint density at radius 2 is 1.92 bits per heavy atom. The first-order chi connectivity index (χ1) is 12.2. The van der Waals surface area contributed by atoms with Crippen molar-refractivity contribution in [2.24, 2.45) is 0 Å². The number of nitrogens with zero attached hydrogens (tertiary/aromatic N) is 2. The van der Waals surface area contributed by atoms with E-state index in [9.17, 15) is 9.59 Å². The van der Waals surface area contributed by atoms with Crippen molar-refractivity contribution in [3.8, 4) is 10.7 Å². The van der Waals surface area contributed by atoms with E-state index in [-0.39, 0.29) is 11.6 Å². The maximum atomic E-state index is 12.0. The molecular formula is C17H15N3O3S2. The summed E-state index contributed by atoms with van der Waals surface area (Å²) in [6.07, 6.45) is 0.637. The maximum absolute atomic E-state index is 12.0. The van der Waals surface area contributed by atoms with Gasteiger partial charge in [-0.15, -0.1) is 22.7 Å². The Balaban J connectivity index is 1.56. The van der Waals surface area contributed by atoms with Crippen LogP contribution in [0.3, 0.4) is 0 Å². The molecule has 25 heavy (non-hydrogen) atoms. The molecule has 0 radical (unpaired) electrons. The summed E-state index contributed by atoms with van der Waals surface area (Å²) in [6, 6.07) is 9.09. The maximum Gasteiger partial charge on any atom is 0.357 e. The van der Waals surface area contributed by atoms with Crippen molar-refractivity contribution in [1.29, 1.82) is 0 Å². The summed E-state index contributed by atoms with van der Waals surface area (Å²) in [4.78, 5) is 32.2. The summed E-state index contributed by atoms with van der Waals surface area (Å²) in [5.74, 6) is -0.554. The van der Waals surface area contributed by atoms with Crippen LogP contribution in [0.25, 0.3) is 10.7 Å². The van der Waals surface area contributed by atoms with E-state index in [1.807, 2.05) is 23.6 Å². The third kappa shape index (κ3) is 4.28. The number of hydrogen-bond donors (Lipinski definition) is 1. The van der Waals surface area contributed by atoms with Crippen LogP contribution in [0.5, 0.6) is 0 Å². The van der Waals surface area contributed by atoms with Crippen molar-refractivity contribution >= 4 is 34.6 Å². The van der Waals surface area contributed by atoms with Crippen molar-refractivity contribution in [3.63, 3.8) is 0 Å². The quantitative estimate of drug-likeness (QED) is 0.672. The van der Waals surface area contributed by atoms with Crippen LogP contribution in [0.4, 0.5) is 0 Å². The number of rotatable bonds is 6. The number of amides is 1. The third-order valence-electron chi connectivity index (χ3n) is 3.33. The Morgan fingerprint density at radius 1 is 1.12 bits per heavy atom. The van der Waals surface area contributed by atoms with Crippen LogP contribution in [-0.4, -0.2) is 35.5 Å². The third-order valence-corrected chi connectivity index (χ3v) is 5.10. The van der Waals surface area contributed by atoms with Crippen molar-refractivity contribution < 1.29 is 14.3 Å². The minimum atomic E-state index is -0.457. The zero-order valence-electron chi connectivity index (χ0n) is 13.4. The molecule has 0 bridgehead atoms. The molecule has 0 aliphatic rings. The fourth-order valence-corrected chi connectivity index (χ4v) is 3.69. The Hall–Kier alpha value is -2.58. The molecule has 0 unspecified atom stereocenters. The monoisotopic (exact) mass is 373 g/mol. The molecule has 128 valence electrons. The van der Waals surface area contributed by atoms with E-state index in [1.54, 1.807) is 17.5 Å². The molecular weight excluding hydrogens is 358 g/mol. The molecule has 0 aliphatic heterocycles. The van der Waals surface area contributed by atoms with Crippen LogP contribution in [0, 0.1) is 0 Å². The van der Waals surface area contributed by atoms with Gasteiger partial charge in [0, 0.05) is 29.3 Å². The first-order valence-electron chi connectivity index (χ1n) is 7.49. The average Bonchev–Trinajstić information content (AvgIpc) is 3.31. The van der Waals surface area contributed by atoms with E-state index < -0.39 is 5.97 Å². The van der Waals surface area contributed by atoms with Gasteiger partial charge in [0.2, 0.25) is 0 Å². The normalized spacial score (nSPS) is 10.4. The number of esters is 1. The first kappa shape index (κ1) is 17.2. The molecule has 1 N–H and O–H groups in total. The minimum Gasteiger partial charge on any atom is -0.464 e. The summed E-state index contributed by atoms with van der Waals surface area (Å²) in [5.41, 5.74) is 1.65. The lowest BCUT2D eigenvalue weighted by atomic mass is 10.2. The zero-order valence-corrected chi connectivity index (χ0v) is 15.0. The fourth-order valence-electron chi connectivity index (χ4n) is 2.09. The zero-order chi connectivity index (χ0) is 17.6. The number of ether oxygens (including phenoxy) is 1. The second-order valence-electron chi connectivity index (χ2n) is 5.03. The van der Waals surface area contributed by atoms with E-state index >= 15 is 0 Å². The van der Waals surface area contributed by atoms with Gasteiger partial charge in [0.1, 0.15) is 10.7 Å². The van der Waals surface area contributed by atoms with Crippen molar-refractivity contribution in [2.75, 3.05) is 13.7 Å². The van der Waals surface area contributed by atoms with Crippen LogP contribution < -0.4 is 5.32 Å². The van der Waals surface area contributed by atoms with Gasteiger partial charge in [-0.1, -0.05) is 18.2 Å². The van der Waals surface area contributed by atoms with Gasteiger partial charge in [-0.3, -0.25) is 4.79 Å². The predicted molar refractivity (Wildman–Crippen MR) is 97.0 cm³/mol. The van der Waals surface area contributed by atoms with Gasteiger partial charge in [-0.25, -0.2) is 14.8 Å². The molecule has 8 heteroatoms. The number of nitrogens with one attached hydrogen (secondary N) is 1. The molecule has 2 heterocycles. The minimum absolute atomic E-state index is 0.0972. The number of methoxy groups -OCH3 is 1. The highest BCUT2D eigenvalue weighted by Crippen LogP contribution is 2.25. The van der Waals surface area contributed by atoms with Crippen molar-refractivity contribution in [1.82, 2.24) is 15.3 Å². The van der Waals surface area contributed by atoms with Crippen LogP contribution >= 0.6 is 22.7 Å². The van der Waals surface area contributed by atoms with Gasteiger partial charge in [0.15, 0.2) is 5.69 Å². The number of carbonyl (C=O) groups is 2. The molecule has 3 aromatic rings. The van der Waals surface area contributed by atoms with Gasteiger partial charge in [-0.05, 0) is 12.1 Å². The largest absolute Gasteiger partial charge is 0.464 e. The van der Waals surface area contributed by atoms with E-state index in [2.05, 4.69) is 20.0 Å². The van der Waals surface area contributed by atoms with Crippen molar-refractivity contribution in [3.05, 3.63) is 57.4 Å². The number of benzene rings is 1. The summed E-state index contributed by atoms with van der Waals surface area (Å²) in [6.45, 7) is 0.506. The van der Waals surface area contributed by atoms with Crippen LogP contribution in [-0.2, 0) is 11.2 Å². The smallest absolute Gasteiger partial charge is 0.357 e. The fraction of sp³-hybridized carbons (Fsp3) is 0.176. The molecule has 0 saturated carbocycles. The van der Waals surface area contributed by atoms with Gasteiger partial charge >= 0.3 is 5.97 Å². The topological polar surface area (TPSA) is 81.2 Å². The summed E-state index contributed by atoms with van der Waals surface area (Å²) < 4.78 is 4.65. The highest BCUT2D eigenvalue weighted by atomic mass is 32.1. The second-order valence-corrected chi connectivity index (χ2v) is 6.83. The van der Waals surface area contributed by atoms with Crippen molar-refractivity contribution in [2.45, 2.75) is 6.42 Å². The molecule has 1 amide bonds. The Kier molecular flexibility index (Phi) is 5.52. The standard InChI is InChI=1S/C17H15N3O3S2/c1-23-17(22)13-10-25-16(20-13)12-9-24-14(19-12)7-8-18-15(21)11-5-3-2-4-6-11/h2-6,9-10H,7-8H2,1H3,(H,18,21). The van der Waals surface area contributed by atoms with Gasteiger partial charge in [0.05, 0.1) is 12.1 Å². The second kappa shape index (κ2) is 8.00. The van der Waals surface area contributed by atoms with Gasteiger partial charge in [0.25, 0.3) is 5.91 Å². The number of aromatic nitrogens is 2. The lowest BCUT2D eigenvalue weighted by molar-refractivity contribution is 0.0595. The Bertz CT molecular complexity index is 874. The van der Waals surface area contributed by atoms with E-state index in [0.29, 0.717) is 23.5 Å². The van der Waals surface area contributed by atoms with Crippen LogP contribution in [0.2, 0.25) is 0 Å². The van der Waals surface area contributed by atoms with Crippen LogP contribution in [0.15, 0.2) is 41.1 Å². The number of thiazole rings is 2. The highest BCUT2D eigenvalue weighted by Gasteiger charge is 2.14. The van der Waals surface area contributed by atoms with E-state index in [0.717, 1.165) is 10.7 Å². The summed E-state index contributed by atoms with van der Waals surface area (Å²) in [5, 5.41) is 8.00.